The Bertz CT molecular complexity index is 1790. The molecule has 2 aliphatic rings. The highest BCUT2D eigenvalue weighted by molar-refractivity contribution is 5.98. The lowest BCUT2D eigenvalue weighted by molar-refractivity contribution is -0.148. The van der Waals surface area contributed by atoms with Crippen molar-refractivity contribution in [2.75, 3.05) is 33.4 Å². The Kier molecular flexibility index (Phi) is 14.3. The van der Waals surface area contributed by atoms with Gasteiger partial charge in [0.05, 0.1) is 36.7 Å². The fourth-order valence-corrected chi connectivity index (χ4v) is 7.74. The van der Waals surface area contributed by atoms with Crippen LogP contribution in [-0.4, -0.2) is 86.2 Å². The first-order valence-corrected chi connectivity index (χ1v) is 19.4. The van der Waals surface area contributed by atoms with E-state index < -0.39 is 29.4 Å². The van der Waals surface area contributed by atoms with Gasteiger partial charge in [0.2, 0.25) is 11.8 Å². The van der Waals surface area contributed by atoms with E-state index >= 15 is 0 Å². The molecule has 55 heavy (non-hydrogen) atoms. The number of hydrogen-bond acceptors (Lipinski definition) is 8. The molecule has 0 bridgehead atoms. The van der Waals surface area contributed by atoms with Gasteiger partial charge < -0.3 is 35.1 Å². The maximum absolute atomic E-state index is 14.8. The summed E-state index contributed by atoms with van der Waals surface area (Å²) in [6.07, 6.45) is 2.69. The van der Waals surface area contributed by atoms with Crippen molar-refractivity contribution in [1.29, 1.82) is 0 Å². The van der Waals surface area contributed by atoms with E-state index in [1.165, 1.54) is 7.11 Å². The van der Waals surface area contributed by atoms with Crippen molar-refractivity contribution in [3.05, 3.63) is 101 Å². The van der Waals surface area contributed by atoms with E-state index in [4.69, 9.17) is 14.2 Å². The number of unbranched alkanes of at least 4 members (excludes halogenated alkanes) is 1. The number of amides is 4. The predicted molar refractivity (Wildman–Crippen MR) is 208 cm³/mol. The number of rotatable bonds is 15. The molecule has 1 fully saturated rings. The average Bonchev–Trinajstić information content (AvgIpc) is 3.19. The molecule has 3 aromatic rings. The smallest absolute Gasteiger partial charge is 0.407 e. The number of para-hydroxylation sites is 1. The summed E-state index contributed by atoms with van der Waals surface area (Å²) in [6, 6.07) is 23.2. The van der Waals surface area contributed by atoms with Gasteiger partial charge >= 0.3 is 12.1 Å². The molecule has 294 valence electrons. The molecule has 12 nitrogen and oxygen atoms in total. The van der Waals surface area contributed by atoms with Crippen LogP contribution in [-0.2, 0) is 29.3 Å². The molecule has 3 aromatic carbocycles. The van der Waals surface area contributed by atoms with Crippen LogP contribution in [0.15, 0.2) is 78.9 Å². The van der Waals surface area contributed by atoms with Gasteiger partial charge in [-0.2, -0.15) is 0 Å². The third-order valence-electron chi connectivity index (χ3n) is 10.5. The molecule has 12 heteroatoms. The van der Waals surface area contributed by atoms with Gasteiger partial charge in [0, 0.05) is 25.7 Å². The van der Waals surface area contributed by atoms with Gasteiger partial charge in [-0.15, -0.1) is 0 Å². The Morgan fingerprint density at radius 1 is 0.873 bits per heavy atom. The van der Waals surface area contributed by atoms with E-state index in [9.17, 15) is 24.0 Å². The number of ether oxygens (including phenoxy) is 3. The SMILES string of the molecule is CCOC(=O)[C@@H](CCCCNC(=O)OC(C)C)NC(=O)[C@@]1(c2ccccc2)CC[C@H](C(=O)N2CCC(NC(=O)c3ccccc3OC)CC2)c2ccccc21. The summed E-state index contributed by atoms with van der Waals surface area (Å²) in [5, 5.41) is 8.88. The van der Waals surface area contributed by atoms with Crippen LogP contribution in [0.4, 0.5) is 4.79 Å². The normalized spacial score (nSPS) is 18.7. The molecular weight excluding hydrogens is 700 g/mol. The molecule has 0 spiro atoms. The van der Waals surface area contributed by atoms with Crippen molar-refractivity contribution < 1.29 is 38.2 Å². The number of methoxy groups -OCH3 is 1. The van der Waals surface area contributed by atoms with Crippen LogP contribution >= 0.6 is 0 Å². The average molecular weight is 755 g/mol. The minimum absolute atomic E-state index is 0.000639. The van der Waals surface area contributed by atoms with Crippen LogP contribution in [0.1, 0.15) is 98.7 Å². The second-order valence-corrected chi connectivity index (χ2v) is 14.4. The molecule has 3 atom stereocenters. The van der Waals surface area contributed by atoms with Crippen LogP contribution < -0.4 is 20.7 Å². The van der Waals surface area contributed by atoms with Crippen molar-refractivity contribution >= 4 is 29.8 Å². The van der Waals surface area contributed by atoms with E-state index in [0.29, 0.717) is 75.9 Å². The zero-order chi connectivity index (χ0) is 39.4. The van der Waals surface area contributed by atoms with Crippen molar-refractivity contribution in [3.63, 3.8) is 0 Å². The largest absolute Gasteiger partial charge is 0.496 e. The van der Waals surface area contributed by atoms with Gasteiger partial charge in [-0.25, -0.2) is 9.59 Å². The molecule has 1 aliphatic heterocycles. The molecule has 1 heterocycles. The third kappa shape index (κ3) is 9.84. The van der Waals surface area contributed by atoms with E-state index in [1.807, 2.05) is 65.6 Å². The van der Waals surface area contributed by atoms with Gasteiger partial charge in [0.25, 0.3) is 5.91 Å². The second-order valence-electron chi connectivity index (χ2n) is 14.4. The summed E-state index contributed by atoms with van der Waals surface area (Å²) in [7, 11) is 1.54. The maximum Gasteiger partial charge on any atom is 0.407 e. The Labute approximate surface area is 323 Å². The molecule has 1 aliphatic carbocycles. The quantitative estimate of drug-likeness (QED) is 0.133. The van der Waals surface area contributed by atoms with Crippen LogP contribution in [0.2, 0.25) is 0 Å². The topological polar surface area (TPSA) is 152 Å². The molecule has 5 rings (SSSR count). The molecule has 0 saturated carbocycles. The Hall–Kier alpha value is -5.39. The van der Waals surface area contributed by atoms with E-state index in [0.717, 1.165) is 16.7 Å². The number of piperidine rings is 1. The monoisotopic (exact) mass is 754 g/mol. The van der Waals surface area contributed by atoms with E-state index in [2.05, 4.69) is 16.0 Å². The number of esters is 1. The van der Waals surface area contributed by atoms with Gasteiger partial charge in [0.1, 0.15) is 11.8 Å². The number of hydrogen-bond donors (Lipinski definition) is 3. The van der Waals surface area contributed by atoms with Crippen LogP contribution in [0.25, 0.3) is 0 Å². The van der Waals surface area contributed by atoms with Crippen LogP contribution in [0, 0.1) is 0 Å². The van der Waals surface area contributed by atoms with E-state index in [1.54, 1.807) is 39.0 Å². The molecule has 4 amide bonds. The van der Waals surface area contributed by atoms with Gasteiger partial charge in [-0.1, -0.05) is 66.7 Å². The number of carbonyl (C=O) groups excluding carboxylic acids is 5. The number of benzene rings is 3. The first kappa shape index (κ1) is 40.8. The minimum atomic E-state index is -1.17. The van der Waals surface area contributed by atoms with E-state index in [-0.39, 0.29) is 36.5 Å². The Balaban J connectivity index is 1.31. The predicted octanol–water partition coefficient (Wildman–Crippen LogP) is 5.63. The number of nitrogens with one attached hydrogen (secondary N) is 3. The van der Waals surface area contributed by atoms with Crippen molar-refractivity contribution in [1.82, 2.24) is 20.9 Å². The number of carbonyl (C=O) groups is 5. The fourth-order valence-electron chi connectivity index (χ4n) is 7.74. The number of nitrogens with zero attached hydrogens (tertiary/aromatic N) is 1. The summed E-state index contributed by atoms with van der Waals surface area (Å²) in [5.41, 5.74) is 1.60. The third-order valence-corrected chi connectivity index (χ3v) is 10.5. The standard InChI is InChI=1S/C43H54N4O8/c1-5-54-40(50)36(20-13-14-26-44-42(52)55-29(2)3)46-41(51)43(30-15-7-6-8-16-30)25-22-33(32-17-9-11-19-35(32)43)39(49)47-27-23-31(24-28-47)45-38(48)34-18-10-12-21-37(34)53-4/h6-12,15-19,21,29,31,33,36H,5,13-14,20,22-28H2,1-4H3,(H,44,52)(H,45,48)(H,46,51)/t33-,36+,43+/m0/s1. The lowest BCUT2D eigenvalue weighted by Crippen LogP contribution is -2.54. The zero-order valence-electron chi connectivity index (χ0n) is 32.3. The molecule has 1 saturated heterocycles. The van der Waals surface area contributed by atoms with Crippen LogP contribution in [0.3, 0.4) is 0 Å². The van der Waals surface area contributed by atoms with Crippen molar-refractivity contribution in [2.24, 2.45) is 0 Å². The van der Waals surface area contributed by atoms with Gasteiger partial charge in [0.15, 0.2) is 0 Å². The Morgan fingerprint density at radius 3 is 2.27 bits per heavy atom. The highest BCUT2D eigenvalue weighted by Crippen LogP contribution is 2.48. The summed E-state index contributed by atoms with van der Waals surface area (Å²) >= 11 is 0. The molecule has 0 aromatic heterocycles. The van der Waals surface area contributed by atoms with Gasteiger partial charge in [-0.05, 0) is 94.5 Å². The molecular formula is C43H54N4O8. The van der Waals surface area contributed by atoms with Gasteiger partial charge in [-0.3, -0.25) is 14.4 Å². The number of alkyl carbamates (subject to hydrolysis) is 1. The summed E-state index contributed by atoms with van der Waals surface area (Å²) in [5.74, 6) is -1.01. The summed E-state index contributed by atoms with van der Waals surface area (Å²) < 4.78 is 15.9. The van der Waals surface area contributed by atoms with Crippen molar-refractivity contribution in [3.8, 4) is 5.75 Å². The highest BCUT2D eigenvalue weighted by atomic mass is 16.6. The first-order valence-electron chi connectivity index (χ1n) is 19.4. The summed E-state index contributed by atoms with van der Waals surface area (Å²) in [4.78, 5) is 69.1. The second kappa shape index (κ2) is 19.3. The molecule has 3 N–H and O–H groups in total. The lowest BCUT2D eigenvalue weighted by Gasteiger charge is -2.43. The Morgan fingerprint density at radius 2 is 1.56 bits per heavy atom. The molecule has 0 unspecified atom stereocenters. The zero-order valence-corrected chi connectivity index (χ0v) is 32.3. The lowest BCUT2D eigenvalue weighted by atomic mass is 9.62. The van der Waals surface area contributed by atoms with Crippen LogP contribution in [0.5, 0.6) is 5.75 Å². The summed E-state index contributed by atoms with van der Waals surface area (Å²) in [6.45, 7) is 6.78. The number of likely N-dealkylation sites (tertiary alicyclic amines) is 1. The highest BCUT2D eigenvalue weighted by Gasteiger charge is 2.49. The van der Waals surface area contributed by atoms with Crippen molar-refractivity contribution in [2.45, 2.75) is 95.2 Å². The maximum atomic E-state index is 14.8. The minimum Gasteiger partial charge on any atom is -0.496 e. The molecule has 0 radical (unpaired) electrons. The number of fused-ring (bicyclic) bond motifs is 1. The first-order chi connectivity index (χ1) is 26.6. The fraction of sp³-hybridized carbons (Fsp3) is 0.465.